The molecule has 3 rings (SSSR count). The standard InChI is InChI=1S/C15H8F4N2O2/c16-9-2-3-10(11(7-9)15(17,18)19)12-4-1-8-5-6-21(14(22)23)13(8)20-12/h1-7H,(H,22,23). The van der Waals surface area contributed by atoms with Crippen LogP contribution in [-0.2, 0) is 6.18 Å². The predicted molar refractivity (Wildman–Crippen MR) is 73.6 cm³/mol. The fourth-order valence-corrected chi connectivity index (χ4v) is 2.29. The van der Waals surface area contributed by atoms with Gasteiger partial charge >= 0.3 is 12.3 Å². The molecule has 2 aromatic heterocycles. The first-order valence-corrected chi connectivity index (χ1v) is 6.36. The van der Waals surface area contributed by atoms with E-state index in [4.69, 9.17) is 5.11 Å². The van der Waals surface area contributed by atoms with E-state index >= 15 is 0 Å². The predicted octanol–water partition coefficient (Wildman–Crippen LogP) is 4.39. The zero-order valence-corrected chi connectivity index (χ0v) is 11.3. The van der Waals surface area contributed by atoms with Crippen molar-refractivity contribution >= 4 is 17.1 Å². The molecule has 0 amide bonds. The van der Waals surface area contributed by atoms with Crippen LogP contribution >= 0.6 is 0 Å². The van der Waals surface area contributed by atoms with E-state index < -0.39 is 23.7 Å². The summed E-state index contributed by atoms with van der Waals surface area (Å²) in [6.45, 7) is 0. The molecule has 118 valence electrons. The lowest BCUT2D eigenvalue weighted by Crippen LogP contribution is -2.09. The fourth-order valence-electron chi connectivity index (χ4n) is 2.29. The average Bonchev–Trinajstić information content (AvgIpc) is 2.89. The highest BCUT2D eigenvalue weighted by Crippen LogP contribution is 2.37. The molecule has 0 aliphatic heterocycles. The van der Waals surface area contributed by atoms with E-state index in [0.29, 0.717) is 11.5 Å². The summed E-state index contributed by atoms with van der Waals surface area (Å²) in [5.41, 5.74) is -1.57. The number of fused-ring (bicyclic) bond motifs is 1. The first-order chi connectivity index (χ1) is 10.8. The van der Waals surface area contributed by atoms with Crippen molar-refractivity contribution in [1.82, 2.24) is 9.55 Å². The van der Waals surface area contributed by atoms with Crippen LogP contribution in [0.25, 0.3) is 22.3 Å². The number of benzene rings is 1. The van der Waals surface area contributed by atoms with Crippen molar-refractivity contribution in [2.45, 2.75) is 6.18 Å². The van der Waals surface area contributed by atoms with Crippen LogP contribution in [0.4, 0.5) is 22.4 Å². The maximum atomic E-state index is 13.2. The second kappa shape index (κ2) is 5.08. The molecule has 1 aromatic carbocycles. The topological polar surface area (TPSA) is 55.1 Å². The van der Waals surface area contributed by atoms with Crippen molar-refractivity contribution in [3.05, 3.63) is 54.0 Å². The van der Waals surface area contributed by atoms with Crippen LogP contribution in [0.15, 0.2) is 42.6 Å². The zero-order chi connectivity index (χ0) is 16.8. The normalized spacial score (nSPS) is 11.8. The molecule has 1 N–H and O–H groups in total. The zero-order valence-electron chi connectivity index (χ0n) is 11.3. The first-order valence-electron chi connectivity index (χ1n) is 6.36. The maximum absolute atomic E-state index is 13.2. The summed E-state index contributed by atoms with van der Waals surface area (Å²) in [5, 5.41) is 9.51. The summed E-state index contributed by atoms with van der Waals surface area (Å²) in [7, 11) is 0. The van der Waals surface area contributed by atoms with Crippen molar-refractivity contribution in [2.75, 3.05) is 0 Å². The van der Waals surface area contributed by atoms with Gasteiger partial charge in [0.15, 0.2) is 0 Å². The molecule has 0 saturated carbocycles. The molecular formula is C15H8F4N2O2. The van der Waals surface area contributed by atoms with Gasteiger partial charge in [0, 0.05) is 17.1 Å². The lowest BCUT2D eigenvalue weighted by molar-refractivity contribution is -0.137. The molecule has 0 radical (unpaired) electrons. The number of carboxylic acid groups (broad SMARTS) is 1. The van der Waals surface area contributed by atoms with Gasteiger partial charge in [0.1, 0.15) is 11.5 Å². The minimum absolute atomic E-state index is 0.00690. The molecule has 8 heteroatoms. The third kappa shape index (κ3) is 2.63. The van der Waals surface area contributed by atoms with Crippen molar-refractivity contribution in [3.63, 3.8) is 0 Å². The Morgan fingerprint density at radius 1 is 1.13 bits per heavy atom. The Morgan fingerprint density at radius 3 is 2.52 bits per heavy atom. The minimum atomic E-state index is -4.76. The molecule has 0 atom stereocenters. The summed E-state index contributed by atoms with van der Waals surface area (Å²) < 4.78 is 53.2. The largest absolute Gasteiger partial charge is 0.464 e. The van der Waals surface area contributed by atoms with Gasteiger partial charge in [-0.1, -0.05) is 0 Å². The molecule has 0 aliphatic rings. The van der Waals surface area contributed by atoms with E-state index in [1.165, 1.54) is 24.4 Å². The van der Waals surface area contributed by atoms with Gasteiger partial charge < -0.3 is 5.11 Å². The summed E-state index contributed by atoms with van der Waals surface area (Å²) in [4.78, 5) is 15.1. The third-order valence-corrected chi connectivity index (χ3v) is 3.31. The molecule has 0 unspecified atom stereocenters. The monoisotopic (exact) mass is 324 g/mol. The highest BCUT2D eigenvalue weighted by Gasteiger charge is 2.34. The minimum Gasteiger partial charge on any atom is -0.464 e. The second-order valence-electron chi connectivity index (χ2n) is 4.77. The SMILES string of the molecule is O=C(O)n1ccc2ccc(-c3ccc(F)cc3C(F)(F)F)nc21. The Hall–Kier alpha value is -2.90. The highest BCUT2D eigenvalue weighted by molar-refractivity contribution is 5.87. The van der Waals surface area contributed by atoms with Crippen LogP contribution in [0.5, 0.6) is 0 Å². The van der Waals surface area contributed by atoms with Crippen molar-refractivity contribution in [3.8, 4) is 11.3 Å². The molecule has 0 aliphatic carbocycles. The van der Waals surface area contributed by atoms with Gasteiger partial charge in [-0.15, -0.1) is 0 Å². The van der Waals surface area contributed by atoms with Crippen molar-refractivity contribution in [1.29, 1.82) is 0 Å². The van der Waals surface area contributed by atoms with E-state index in [1.807, 2.05) is 0 Å². The quantitative estimate of drug-likeness (QED) is 0.676. The van der Waals surface area contributed by atoms with Gasteiger partial charge in [-0.2, -0.15) is 13.2 Å². The number of nitrogens with zero attached hydrogens (tertiary/aromatic N) is 2. The van der Waals surface area contributed by atoms with Crippen LogP contribution in [0, 0.1) is 5.82 Å². The molecule has 4 nitrogen and oxygen atoms in total. The summed E-state index contributed by atoms with van der Waals surface area (Å²) in [6.07, 6.45) is -4.82. The van der Waals surface area contributed by atoms with Crippen LogP contribution in [0.1, 0.15) is 5.56 Å². The summed E-state index contributed by atoms with van der Waals surface area (Å²) in [6, 6.07) is 6.53. The maximum Gasteiger partial charge on any atom is 0.417 e. The number of halogens is 4. The number of rotatable bonds is 1. The average molecular weight is 324 g/mol. The molecule has 23 heavy (non-hydrogen) atoms. The van der Waals surface area contributed by atoms with E-state index in [9.17, 15) is 22.4 Å². The fraction of sp³-hybridized carbons (Fsp3) is 0.0667. The van der Waals surface area contributed by atoms with Gasteiger partial charge in [0.25, 0.3) is 0 Å². The van der Waals surface area contributed by atoms with Gasteiger partial charge in [0.05, 0.1) is 11.3 Å². The molecule has 0 fully saturated rings. The Morgan fingerprint density at radius 2 is 1.87 bits per heavy atom. The molecule has 0 saturated heterocycles. The Labute approximate surface area is 126 Å². The number of hydrogen-bond donors (Lipinski definition) is 1. The number of carbonyl (C=O) groups is 1. The van der Waals surface area contributed by atoms with E-state index in [0.717, 1.165) is 16.7 Å². The first kappa shape index (κ1) is 15.0. The molecule has 0 bridgehead atoms. The van der Waals surface area contributed by atoms with E-state index in [-0.39, 0.29) is 16.9 Å². The third-order valence-electron chi connectivity index (χ3n) is 3.31. The highest BCUT2D eigenvalue weighted by atomic mass is 19.4. The number of alkyl halides is 3. The van der Waals surface area contributed by atoms with E-state index in [2.05, 4.69) is 4.98 Å². The lowest BCUT2D eigenvalue weighted by atomic mass is 10.0. The van der Waals surface area contributed by atoms with Gasteiger partial charge in [-0.05, 0) is 36.4 Å². The Kier molecular flexibility index (Phi) is 3.32. The smallest absolute Gasteiger partial charge is 0.417 e. The van der Waals surface area contributed by atoms with Crippen LogP contribution in [0.3, 0.4) is 0 Å². The number of hydrogen-bond acceptors (Lipinski definition) is 2. The molecule has 2 heterocycles. The molecular weight excluding hydrogens is 316 g/mol. The van der Waals surface area contributed by atoms with Crippen LogP contribution in [0.2, 0.25) is 0 Å². The number of pyridine rings is 1. The van der Waals surface area contributed by atoms with Gasteiger partial charge in [-0.25, -0.2) is 18.7 Å². The Bertz CT molecular complexity index is 915. The van der Waals surface area contributed by atoms with Crippen LogP contribution < -0.4 is 0 Å². The van der Waals surface area contributed by atoms with E-state index in [1.54, 1.807) is 0 Å². The van der Waals surface area contributed by atoms with Crippen molar-refractivity contribution < 1.29 is 27.5 Å². The van der Waals surface area contributed by atoms with Crippen LogP contribution in [-0.4, -0.2) is 20.8 Å². The Balaban J connectivity index is 2.25. The molecule has 3 aromatic rings. The molecule has 0 spiro atoms. The number of aromatic nitrogens is 2. The summed E-state index contributed by atoms with van der Waals surface area (Å²) in [5.74, 6) is -1.02. The summed E-state index contributed by atoms with van der Waals surface area (Å²) >= 11 is 0. The van der Waals surface area contributed by atoms with Crippen molar-refractivity contribution in [2.24, 2.45) is 0 Å². The van der Waals surface area contributed by atoms with Gasteiger partial charge in [-0.3, -0.25) is 0 Å². The van der Waals surface area contributed by atoms with Gasteiger partial charge in [0.2, 0.25) is 0 Å². The lowest BCUT2D eigenvalue weighted by Gasteiger charge is -2.12. The second-order valence-corrected chi connectivity index (χ2v) is 4.77.